The van der Waals surface area contributed by atoms with Crippen molar-refractivity contribution in [3.05, 3.63) is 98.6 Å². The predicted molar refractivity (Wildman–Crippen MR) is 118 cm³/mol. The van der Waals surface area contributed by atoms with E-state index in [0.717, 1.165) is 22.2 Å². The van der Waals surface area contributed by atoms with Crippen LogP contribution < -0.4 is 10.9 Å². The highest BCUT2D eigenvalue weighted by Crippen LogP contribution is 2.12. The lowest BCUT2D eigenvalue weighted by molar-refractivity contribution is 1.01. The van der Waals surface area contributed by atoms with Gasteiger partial charge in [-0.05, 0) is 47.9 Å². The lowest BCUT2D eigenvalue weighted by atomic mass is 10.1. The molecule has 146 valence electrons. The fourth-order valence-electron chi connectivity index (χ4n) is 3.00. The summed E-state index contributed by atoms with van der Waals surface area (Å²) in [5.41, 5.74) is 3.51. The van der Waals surface area contributed by atoms with Crippen LogP contribution in [0.5, 0.6) is 0 Å². The Labute approximate surface area is 172 Å². The van der Waals surface area contributed by atoms with E-state index in [4.69, 9.17) is 10.5 Å². The molecule has 0 bridgehead atoms. The fraction of sp³-hybridized carbons (Fsp3) is 0.0833. The average molecular weight is 394 g/mol. The molecule has 30 heavy (non-hydrogen) atoms. The Balaban J connectivity index is 0.000000171. The number of aryl methyl sites for hydroxylation is 1. The van der Waals surface area contributed by atoms with E-state index >= 15 is 0 Å². The third-order valence-electron chi connectivity index (χ3n) is 4.48. The van der Waals surface area contributed by atoms with Gasteiger partial charge in [-0.3, -0.25) is 9.59 Å². The van der Waals surface area contributed by atoms with E-state index in [-0.39, 0.29) is 10.9 Å². The van der Waals surface area contributed by atoms with E-state index in [9.17, 15) is 9.59 Å². The van der Waals surface area contributed by atoms with E-state index in [1.165, 1.54) is 18.2 Å². The Kier molecular flexibility index (Phi) is 6.55. The molecule has 0 spiro atoms. The Morgan fingerprint density at radius 2 is 1.47 bits per heavy atom. The zero-order chi connectivity index (χ0) is 21.3. The number of nitriles is 2. The number of hydrogen-bond donors (Lipinski definition) is 2. The Bertz CT molecular complexity index is 1420. The van der Waals surface area contributed by atoms with Crippen LogP contribution in [0.1, 0.15) is 17.5 Å². The van der Waals surface area contributed by atoms with Crippen molar-refractivity contribution in [2.75, 3.05) is 0 Å². The Morgan fingerprint density at radius 3 is 2.10 bits per heavy atom. The van der Waals surface area contributed by atoms with E-state index in [2.05, 4.69) is 16.0 Å². The molecule has 2 heterocycles. The standard InChI is InChI=1S/C12H10N2O.C12H8N2O/c2*13-6-1-2-9-3-4-11-10(8-9)12(15)5-7-14-11/h3-5,7-8H,1-2H2,(H,14,15);1-5,7-8H,(H,14,15)/b;2-1+. The zero-order valence-electron chi connectivity index (χ0n) is 16.1. The second-order valence-corrected chi connectivity index (χ2v) is 6.49. The summed E-state index contributed by atoms with van der Waals surface area (Å²) in [4.78, 5) is 29.0. The second-order valence-electron chi connectivity index (χ2n) is 6.49. The summed E-state index contributed by atoms with van der Waals surface area (Å²) in [5, 5.41) is 18.2. The van der Waals surface area contributed by atoms with Gasteiger partial charge in [-0.2, -0.15) is 10.5 Å². The first-order valence-corrected chi connectivity index (χ1v) is 9.27. The Hall–Kier alpha value is -4.42. The monoisotopic (exact) mass is 394 g/mol. The summed E-state index contributed by atoms with van der Waals surface area (Å²) < 4.78 is 0. The number of pyridine rings is 2. The number of rotatable bonds is 3. The Morgan fingerprint density at radius 1 is 0.833 bits per heavy atom. The number of H-pyrrole nitrogens is 2. The molecule has 0 unspecified atom stereocenters. The van der Waals surface area contributed by atoms with Crippen LogP contribution in [0.4, 0.5) is 0 Å². The van der Waals surface area contributed by atoms with Crippen molar-refractivity contribution in [2.24, 2.45) is 0 Å². The van der Waals surface area contributed by atoms with Gasteiger partial charge in [0.1, 0.15) is 0 Å². The molecule has 4 rings (SSSR count). The van der Waals surface area contributed by atoms with Gasteiger partial charge in [0.2, 0.25) is 0 Å². The van der Waals surface area contributed by atoms with Crippen LogP contribution in [0.2, 0.25) is 0 Å². The molecule has 0 aliphatic heterocycles. The van der Waals surface area contributed by atoms with Crippen molar-refractivity contribution in [2.45, 2.75) is 12.8 Å². The predicted octanol–water partition coefficient (Wildman–Crippen LogP) is 4.05. The smallest absolute Gasteiger partial charge is 0.189 e. The highest BCUT2D eigenvalue weighted by atomic mass is 16.1. The normalized spacial score (nSPS) is 10.3. The molecule has 0 radical (unpaired) electrons. The first-order valence-electron chi connectivity index (χ1n) is 9.27. The van der Waals surface area contributed by atoms with E-state index < -0.39 is 0 Å². The molecule has 0 aliphatic rings. The van der Waals surface area contributed by atoms with Gasteiger partial charge in [0.05, 0.1) is 12.1 Å². The van der Waals surface area contributed by atoms with Crippen molar-refractivity contribution >= 4 is 27.9 Å². The summed E-state index contributed by atoms with van der Waals surface area (Å²) in [6.45, 7) is 0. The number of nitrogens with zero attached hydrogens (tertiary/aromatic N) is 2. The molecule has 0 aliphatic carbocycles. The van der Waals surface area contributed by atoms with Gasteiger partial charge in [-0.15, -0.1) is 0 Å². The zero-order valence-corrected chi connectivity index (χ0v) is 16.1. The summed E-state index contributed by atoms with van der Waals surface area (Å²) in [6.07, 6.45) is 7.50. The van der Waals surface area contributed by atoms with Crippen molar-refractivity contribution in [3.63, 3.8) is 0 Å². The largest absolute Gasteiger partial charge is 0.361 e. The maximum atomic E-state index is 11.5. The molecule has 0 saturated carbocycles. The lowest BCUT2D eigenvalue weighted by Crippen LogP contribution is -2.00. The third-order valence-corrected chi connectivity index (χ3v) is 4.48. The van der Waals surface area contributed by atoms with E-state index in [1.54, 1.807) is 24.5 Å². The van der Waals surface area contributed by atoms with Gasteiger partial charge in [-0.25, -0.2) is 0 Å². The number of aromatic amines is 2. The number of hydrogen-bond acceptors (Lipinski definition) is 4. The van der Waals surface area contributed by atoms with Gasteiger partial charge in [0.25, 0.3) is 0 Å². The molecule has 2 N–H and O–H groups in total. The van der Waals surface area contributed by atoms with Gasteiger partial charge in [0.15, 0.2) is 10.9 Å². The van der Waals surface area contributed by atoms with Crippen LogP contribution in [-0.4, -0.2) is 9.97 Å². The first-order chi connectivity index (χ1) is 14.6. The van der Waals surface area contributed by atoms with Crippen LogP contribution in [-0.2, 0) is 6.42 Å². The topological polar surface area (TPSA) is 113 Å². The minimum Gasteiger partial charge on any atom is -0.361 e. The van der Waals surface area contributed by atoms with Gasteiger partial charge < -0.3 is 9.97 Å². The van der Waals surface area contributed by atoms with Crippen LogP contribution in [0.25, 0.3) is 27.9 Å². The number of benzene rings is 2. The van der Waals surface area contributed by atoms with Crippen molar-refractivity contribution < 1.29 is 0 Å². The maximum Gasteiger partial charge on any atom is 0.189 e. The molecule has 0 saturated heterocycles. The van der Waals surface area contributed by atoms with Crippen LogP contribution >= 0.6 is 0 Å². The maximum absolute atomic E-state index is 11.5. The quantitative estimate of drug-likeness (QED) is 0.510. The molecule has 2 aromatic carbocycles. The first kappa shape index (κ1) is 20.3. The highest BCUT2D eigenvalue weighted by molar-refractivity contribution is 5.81. The summed E-state index contributed by atoms with van der Waals surface area (Å²) in [5.74, 6) is 0. The molecule has 0 atom stereocenters. The third kappa shape index (κ3) is 4.89. The van der Waals surface area contributed by atoms with Gasteiger partial charge >= 0.3 is 0 Å². The number of fused-ring (bicyclic) bond motifs is 2. The summed E-state index contributed by atoms with van der Waals surface area (Å²) in [6, 6.07) is 18.1. The molecule has 6 heteroatoms. The summed E-state index contributed by atoms with van der Waals surface area (Å²) >= 11 is 0. The number of allylic oxidation sites excluding steroid dienone is 1. The average Bonchev–Trinajstić information content (AvgIpc) is 2.77. The minimum absolute atomic E-state index is 0.0163. The van der Waals surface area contributed by atoms with Gasteiger partial charge in [-0.1, -0.05) is 12.1 Å². The van der Waals surface area contributed by atoms with Crippen LogP contribution in [0.15, 0.2) is 76.6 Å². The van der Waals surface area contributed by atoms with Crippen LogP contribution in [0, 0.1) is 22.7 Å². The molecular formula is C24H18N4O2. The lowest BCUT2D eigenvalue weighted by Gasteiger charge is -2.00. The number of nitrogens with one attached hydrogen (secondary N) is 2. The SMILES string of the molecule is N#C/C=C/c1ccc2[nH]ccc(=O)c2c1.N#CCCc1ccc2[nH]ccc(=O)c2c1. The van der Waals surface area contributed by atoms with Crippen molar-refractivity contribution in [1.82, 2.24) is 9.97 Å². The van der Waals surface area contributed by atoms with Crippen molar-refractivity contribution in [3.8, 4) is 12.1 Å². The molecule has 0 fully saturated rings. The summed E-state index contributed by atoms with van der Waals surface area (Å²) in [7, 11) is 0. The van der Waals surface area contributed by atoms with E-state index in [1.807, 2.05) is 36.4 Å². The molecular weight excluding hydrogens is 376 g/mol. The highest BCUT2D eigenvalue weighted by Gasteiger charge is 2.00. The molecule has 2 aromatic heterocycles. The van der Waals surface area contributed by atoms with E-state index in [0.29, 0.717) is 23.6 Å². The van der Waals surface area contributed by atoms with Crippen LogP contribution in [0.3, 0.4) is 0 Å². The molecule has 4 aromatic rings. The second kappa shape index (κ2) is 9.68. The fourth-order valence-corrected chi connectivity index (χ4v) is 3.00. The number of aromatic nitrogens is 2. The molecule has 0 amide bonds. The minimum atomic E-state index is -0.0176. The van der Waals surface area contributed by atoms with Gasteiger partial charge in [0, 0.05) is 58.8 Å². The van der Waals surface area contributed by atoms with Crippen molar-refractivity contribution in [1.29, 1.82) is 10.5 Å². The molecule has 6 nitrogen and oxygen atoms in total.